The molecule has 0 saturated carbocycles. The summed E-state index contributed by atoms with van der Waals surface area (Å²) in [7, 11) is 0. The third kappa shape index (κ3) is 15.2. The van der Waals surface area contributed by atoms with Crippen molar-refractivity contribution in [3.8, 4) is 0 Å². The van der Waals surface area contributed by atoms with Crippen LogP contribution in [0.1, 0.15) is 94.4 Å². The summed E-state index contributed by atoms with van der Waals surface area (Å²) in [4.78, 5) is 106. The first kappa shape index (κ1) is 50.0. The summed E-state index contributed by atoms with van der Waals surface area (Å²) in [6.07, 6.45) is 0.838. The van der Waals surface area contributed by atoms with Crippen LogP contribution in [0.5, 0.6) is 0 Å². The van der Waals surface area contributed by atoms with E-state index in [0.717, 1.165) is 0 Å². The van der Waals surface area contributed by atoms with Gasteiger partial charge in [0.2, 0.25) is 41.4 Å². The number of likely N-dealkylation sites (tertiary alicyclic amines) is 1. The van der Waals surface area contributed by atoms with Gasteiger partial charge in [-0.25, -0.2) is 4.79 Å². The molecular weight excluding hydrogens is 749 g/mol. The van der Waals surface area contributed by atoms with Crippen LogP contribution in [0.15, 0.2) is 0 Å². The van der Waals surface area contributed by atoms with E-state index in [1.165, 1.54) is 11.8 Å². The highest BCUT2D eigenvalue weighted by Gasteiger charge is 2.40. The number of carboxylic acid groups (broad SMARTS) is 1. The molecule has 0 aromatic carbocycles. The van der Waals surface area contributed by atoms with Crippen molar-refractivity contribution < 1.29 is 48.6 Å². The fraction of sp³-hybridized carbons (Fsp3) is 0.784. The highest BCUT2D eigenvalue weighted by atomic mass is 32.1. The van der Waals surface area contributed by atoms with Crippen LogP contribution in [0.2, 0.25) is 0 Å². The van der Waals surface area contributed by atoms with Crippen molar-refractivity contribution in [1.82, 2.24) is 36.8 Å². The minimum absolute atomic E-state index is 0.0232. The van der Waals surface area contributed by atoms with Crippen LogP contribution in [0.4, 0.5) is 0 Å². The normalized spacial score (nSPS) is 19.0. The molecule has 19 heteroatoms. The summed E-state index contributed by atoms with van der Waals surface area (Å²) < 4.78 is 0. The minimum atomic E-state index is -1.26. The van der Waals surface area contributed by atoms with Crippen molar-refractivity contribution in [1.29, 1.82) is 0 Å². The Hall–Kier alpha value is -3.97. The lowest BCUT2D eigenvalue weighted by molar-refractivity contribution is -0.146. The van der Waals surface area contributed by atoms with Gasteiger partial charge in [0, 0.05) is 12.3 Å². The van der Waals surface area contributed by atoms with E-state index in [4.69, 9.17) is 5.73 Å². The molecule has 0 spiro atoms. The van der Waals surface area contributed by atoms with Crippen molar-refractivity contribution in [3.05, 3.63) is 0 Å². The summed E-state index contributed by atoms with van der Waals surface area (Å²) in [5, 5.41) is 34.8. The van der Waals surface area contributed by atoms with Gasteiger partial charge in [0.25, 0.3) is 0 Å². The zero-order valence-corrected chi connectivity index (χ0v) is 35.1. The zero-order valence-electron chi connectivity index (χ0n) is 34.2. The Morgan fingerprint density at radius 2 is 1.30 bits per heavy atom. The number of aliphatic hydroxyl groups excluding tert-OH is 1. The molecule has 7 amide bonds. The largest absolute Gasteiger partial charge is 0.480 e. The Balaban J connectivity index is 3.05. The van der Waals surface area contributed by atoms with Crippen LogP contribution < -0.4 is 37.6 Å². The molecule has 1 aliphatic heterocycles. The van der Waals surface area contributed by atoms with Crippen LogP contribution >= 0.6 is 12.6 Å². The predicted octanol–water partition coefficient (Wildman–Crippen LogP) is -0.966. The maximum Gasteiger partial charge on any atom is 0.326 e. The van der Waals surface area contributed by atoms with E-state index in [9.17, 15) is 48.6 Å². The number of carbonyl (C=O) groups excluding carboxylic acids is 7. The number of thiol groups is 1. The number of carboxylic acids is 1. The van der Waals surface area contributed by atoms with Crippen molar-refractivity contribution in [2.45, 2.75) is 143 Å². The van der Waals surface area contributed by atoms with Crippen molar-refractivity contribution in [2.75, 3.05) is 18.8 Å². The monoisotopic (exact) mass is 814 g/mol. The molecule has 1 rings (SSSR count). The van der Waals surface area contributed by atoms with Crippen LogP contribution in [0.25, 0.3) is 0 Å². The molecule has 1 saturated heterocycles. The molecule has 1 heterocycles. The average molecular weight is 815 g/mol. The number of hydrogen-bond donors (Lipinski definition) is 10. The summed E-state index contributed by atoms with van der Waals surface area (Å²) in [5.74, 6) is -7.22. The van der Waals surface area contributed by atoms with Crippen molar-refractivity contribution >= 4 is 59.9 Å². The lowest BCUT2D eigenvalue weighted by atomic mass is 9.96. The van der Waals surface area contributed by atoms with Gasteiger partial charge >= 0.3 is 5.97 Å². The zero-order chi connectivity index (χ0) is 43.0. The molecular formula is C37H66N8O10S. The van der Waals surface area contributed by atoms with Crippen LogP contribution in [0, 0.1) is 23.7 Å². The van der Waals surface area contributed by atoms with E-state index >= 15 is 0 Å². The number of amides is 7. The number of hydrogen-bond acceptors (Lipinski definition) is 11. The maximum atomic E-state index is 13.7. The van der Waals surface area contributed by atoms with Crippen LogP contribution in [-0.2, 0) is 38.4 Å². The summed E-state index contributed by atoms with van der Waals surface area (Å²) >= 11 is 4.28. The second kappa shape index (κ2) is 23.9. The highest BCUT2D eigenvalue weighted by molar-refractivity contribution is 7.80. The molecule has 0 bridgehead atoms. The lowest BCUT2D eigenvalue weighted by Crippen LogP contribution is -2.61. The SMILES string of the molecule is CCC(C)C(NC(=O)C1CCCN1C(=O)C(CS)NC(=O)C(NC(=O)C(NC(=O)CNC(=O)C(CC(C)C)NC(=O)C(N)C(C)O)C(C)CC)C(C)C)C(=O)O. The summed E-state index contributed by atoms with van der Waals surface area (Å²) in [6.45, 7) is 15.1. The van der Waals surface area contributed by atoms with E-state index in [2.05, 4.69) is 44.5 Å². The number of rotatable bonds is 23. The fourth-order valence-corrected chi connectivity index (χ4v) is 6.32. The van der Waals surface area contributed by atoms with Gasteiger partial charge in [0.05, 0.1) is 12.6 Å². The van der Waals surface area contributed by atoms with Gasteiger partial charge in [-0.1, -0.05) is 68.2 Å². The van der Waals surface area contributed by atoms with E-state index in [1.54, 1.807) is 27.7 Å². The Labute approximate surface area is 335 Å². The number of nitrogens with one attached hydrogen (secondary N) is 6. The Morgan fingerprint density at radius 3 is 1.80 bits per heavy atom. The van der Waals surface area contributed by atoms with Crippen molar-refractivity contribution in [3.63, 3.8) is 0 Å². The topological polar surface area (TPSA) is 278 Å². The van der Waals surface area contributed by atoms with E-state index in [-0.39, 0.29) is 30.6 Å². The fourth-order valence-electron chi connectivity index (χ4n) is 6.07. The number of carbonyl (C=O) groups is 8. The average Bonchev–Trinajstić information content (AvgIpc) is 3.64. The molecule has 18 nitrogen and oxygen atoms in total. The molecule has 1 aliphatic rings. The molecule has 56 heavy (non-hydrogen) atoms. The molecule has 10 unspecified atom stereocenters. The first-order valence-corrected chi connectivity index (χ1v) is 20.1. The summed E-state index contributed by atoms with van der Waals surface area (Å²) in [6, 6.07) is -7.83. The van der Waals surface area contributed by atoms with Gasteiger partial charge in [-0.15, -0.1) is 0 Å². The standard InChI is InChI=1S/C37H66N8O10S/c1-10-20(7)29(42-26(47)16-39-31(48)23(15-18(3)4)40-33(50)27(38)22(9)46)35(52)43-28(19(5)6)34(51)41-24(17-56)36(53)45-14-12-13-25(45)32(49)44-30(37(54)55)21(8)11-2/h18-25,27-30,46,56H,10-17,38H2,1-9H3,(H,39,48)(H,40,50)(H,41,51)(H,42,47)(H,43,52)(H,44,49)(H,54,55). The molecule has 320 valence electrons. The Kier molecular flexibility index (Phi) is 21.4. The number of nitrogens with zero attached hydrogens (tertiary/aromatic N) is 1. The van der Waals surface area contributed by atoms with Gasteiger partial charge in [-0.05, 0) is 49.9 Å². The first-order chi connectivity index (χ1) is 26.1. The van der Waals surface area contributed by atoms with Gasteiger partial charge in [0.1, 0.15) is 42.3 Å². The smallest absolute Gasteiger partial charge is 0.326 e. The number of aliphatic carboxylic acids is 1. The second-order valence-electron chi connectivity index (χ2n) is 15.5. The molecule has 10 N–H and O–H groups in total. The quantitative estimate of drug-likeness (QED) is 0.0561. The van der Waals surface area contributed by atoms with Gasteiger partial charge in [-0.3, -0.25) is 33.6 Å². The van der Waals surface area contributed by atoms with Crippen LogP contribution in [0.3, 0.4) is 0 Å². The van der Waals surface area contributed by atoms with E-state index in [0.29, 0.717) is 25.7 Å². The first-order valence-electron chi connectivity index (χ1n) is 19.5. The van der Waals surface area contributed by atoms with Gasteiger partial charge in [-0.2, -0.15) is 12.6 Å². The molecule has 0 radical (unpaired) electrons. The van der Waals surface area contributed by atoms with E-state index in [1.807, 2.05) is 27.7 Å². The summed E-state index contributed by atoms with van der Waals surface area (Å²) in [5.41, 5.74) is 5.70. The number of nitrogens with two attached hydrogens (primary N) is 1. The Morgan fingerprint density at radius 1 is 0.750 bits per heavy atom. The highest BCUT2D eigenvalue weighted by Crippen LogP contribution is 2.20. The van der Waals surface area contributed by atoms with Crippen LogP contribution in [-0.4, -0.2) is 130 Å². The molecule has 0 aromatic heterocycles. The number of aliphatic hydroxyl groups is 1. The van der Waals surface area contributed by atoms with E-state index < -0.39 is 114 Å². The molecule has 1 fully saturated rings. The maximum absolute atomic E-state index is 13.7. The molecule has 0 aliphatic carbocycles. The predicted molar refractivity (Wildman–Crippen MR) is 212 cm³/mol. The third-order valence-electron chi connectivity index (χ3n) is 10.1. The third-order valence-corrected chi connectivity index (χ3v) is 10.4. The van der Waals surface area contributed by atoms with Gasteiger partial charge < -0.3 is 52.7 Å². The van der Waals surface area contributed by atoms with Gasteiger partial charge in [0.15, 0.2) is 0 Å². The molecule has 10 atom stereocenters. The van der Waals surface area contributed by atoms with Crippen molar-refractivity contribution in [2.24, 2.45) is 29.4 Å². The molecule has 0 aromatic rings. The minimum Gasteiger partial charge on any atom is -0.480 e. The lowest BCUT2D eigenvalue weighted by Gasteiger charge is -2.31. The Bertz CT molecular complexity index is 1380. The second-order valence-corrected chi connectivity index (χ2v) is 15.8.